The van der Waals surface area contributed by atoms with Crippen LogP contribution in [0.3, 0.4) is 0 Å². The molecule has 1 saturated heterocycles. The zero-order valence-electron chi connectivity index (χ0n) is 8.97. The lowest BCUT2D eigenvalue weighted by atomic mass is 10.1. The number of carboxylic acids is 1. The van der Waals surface area contributed by atoms with Gasteiger partial charge in [-0.15, -0.1) is 0 Å². The fourth-order valence-electron chi connectivity index (χ4n) is 1.81. The van der Waals surface area contributed by atoms with E-state index in [-0.39, 0.29) is 12.5 Å². The van der Waals surface area contributed by atoms with Crippen LogP contribution >= 0.6 is 11.6 Å². The molecule has 1 unspecified atom stereocenters. The van der Waals surface area contributed by atoms with Crippen LogP contribution in [-0.4, -0.2) is 40.0 Å². The number of amides is 1. The third-order valence-electron chi connectivity index (χ3n) is 2.77. The summed E-state index contributed by atoms with van der Waals surface area (Å²) in [5, 5.41) is 9.31. The van der Waals surface area contributed by atoms with E-state index in [0.717, 1.165) is 0 Å². The number of aliphatic carboxylic acids is 1. The predicted octanol–water partition coefficient (Wildman–Crippen LogP) is 1.28. The van der Waals surface area contributed by atoms with Crippen molar-refractivity contribution >= 4 is 23.5 Å². The molecule has 1 N–H and O–H groups in total. The third-order valence-corrected chi connectivity index (χ3v) is 2.99. The zero-order valence-corrected chi connectivity index (χ0v) is 9.72. The molecule has 1 amide bonds. The lowest BCUT2D eigenvalue weighted by Crippen LogP contribution is -2.30. The van der Waals surface area contributed by atoms with Gasteiger partial charge in [-0.05, 0) is 18.6 Å². The maximum absolute atomic E-state index is 12.0. The van der Waals surface area contributed by atoms with Crippen molar-refractivity contribution in [3.05, 3.63) is 29.0 Å². The molecule has 0 aromatic carbocycles. The van der Waals surface area contributed by atoms with E-state index < -0.39 is 11.9 Å². The van der Waals surface area contributed by atoms with Gasteiger partial charge in [0.25, 0.3) is 5.91 Å². The molecular formula is C11H11ClN2O3. The van der Waals surface area contributed by atoms with Gasteiger partial charge in [0.15, 0.2) is 0 Å². The Bertz CT molecular complexity index is 447. The summed E-state index contributed by atoms with van der Waals surface area (Å²) in [5.74, 6) is -1.57. The normalized spacial score (nSPS) is 19.4. The summed E-state index contributed by atoms with van der Waals surface area (Å²) >= 11 is 5.68. The highest BCUT2D eigenvalue weighted by atomic mass is 35.5. The van der Waals surface area contributed by atoms with Crippen molar-refractivity contribution in [2.75, 3.05) is 13.1 Å². The molecule has 0 radical (unpaired) electrons. The molecule has 1 aromatic heterocycles. The molecule has 0 saturated carbocycles. The van der Waals surface area contributed by atoms with Crippen LogP contribution < -0.4 is 0 Å². The number of halogens is 1. The Kier molecular flexibility index (Phi) is 3.28. The molecular weight excluding hydrogens is 244 g/mol. The van der Waals surface area contributed by atoms with Crippen molar-refractivity contribution in [2.45, 2.75) is 6.42 Å². The van der Waals surface area contributed by atoms with Crippen LogP contribution in [0.1, 0.15) is 16.9 Å². The second kappa shape index (κ2) is 4.71. The molecule has 0 aliphatic carbocycles. The Morgan fingerprint density at radius 1 is 1.47 bits per heavy atom. The molecule has 1 fully saturated rings. The fraction of sp³-hybridized carbons (Fsp3) is 0.364. The summed E-state index contributed by atoms with van der Waals surface area (Å²) in [6.07, 6.45) is 1.90. The number of aromatic nitrogens is 1. The van der Waals surface area contributed by atoms with Crippen LogP contribution in [0.15, 0.2) is 18.3 Å². The summed E-state index contributed by atoms with van der Waals surface area (Å²) in [6, 6.07) is 3.13. The van der Waals surface area contributed by atoms with E-state index in [9.17, 15) is 9.59 Å². The average molecular weight is 255 g/mol. The molecule has 6 heteroatoms. The lowest BCUT2D eigenvalue weighted by molar-refractivity contribution is -0.141. The Hall–Kier alpha value is -1.62. The van der Waals surface area contributed by atoms with Gasteiger partial charge in [-0.25, -0.2) is 4.98 Å². The van der Waals surface area contributed by atoms with Gasteiger partial charge in [0.2, 0.25) is 0 Å². The number of hydrogen-bond donors (Lipinski definition) is 1. The number of hydrogen-bond acceptors (Lipinski definition) is 3. The van der Waals surface area contributed by atoms with Crippen molar-refractivity contribution in [2.24, 2.45) is 5.92 Å². The number of carboxylic acid groups (broad SMARTS) is 1. The van der Waals surface area contributed by atoms with Crippen LogP contribution in [0.5, 0.6) is 0 Å². The van der Waals surface area contributed by atoms with Crippen molar-refractivity contribution in [1.29, 1.82) is 0 Å². The van der Waals surface area contributed by atoms with Gasteiger partial charge in [0.05, 0.1) is 10.9 Å². The highest BCUT2D eigenvalue weighted by Gasteiger charge is 2.31. The minimum atomic E-state index is -0.857. The van der Waals surface area contributed by atoms with Gasteiger partial charge in [-0.1, -0.05) is 11.6 Å². The molecule has 2 heterocycles. The lowest BCUT2D eigenvalue weighted by Gasteiger charge is -2.14. The molecule has 5 nitrogen and oxygen atoms in total. The highest BCUT2D eigenvalue weighted by Crippen LogP contribution is 2.18. The Morgan fingerprint density at radius 2 is 2.24 bits per heavy atom. The summed E-state index contributed by atoms with van der Waals surface area (Å²) in [4.78, 5) is 28.2. The number of pyridine rings is 1. The Labute approximate surface area is 103 Å². The molecule has 17 heavy (non-hydrogen) atoms. The summed E-state index contributed by atoms with van der Waals surface area (Å²) in [6.45, 7) is 0.707. The summed E-state index contributed by atoms with van der Waals surface area (Å²) in [7, 11) is 0. The molecule has 0 bridgehead atoms. The standard InChI is InChI=1S/C11H11ClN2O3/c12-8-1-2-9(13-5-8)10(15)14-4-3-7(6-14)11(16)17/h1-2,5,7H,3-4,6H2,(H,16,17). The largest absolute Gasteiger partial charge is 0.481 e. The van der Waals surface area contributed by atoms with Gasteiger partial charge in [0.1, 0.15) is 5.69 Å². The van der Waals surface area contributed by atoms with E-state index in [1.807, 2.05) is 0 Å². The monoisotopic (exact) mass is 254 g/mol. The highest BCUT2D eigenvalue weighted by molar-refractivity contribution is 6.30. The minimum Gasteiger partial charge on any atom is -0.481 e. The van der Waals surface area contributed by atoms with Crippen LogP contribution in [0.4, 0.5) is 0 Å². The number of rotatable bonds is 2. The number of likely N-dealkylation sites (tertiary alicyclic amines) is 1. The average Bonchev–Trinajstić information content (AvgIpc) is 2.78. The Morgan fingerprint density at radius 3 is 2.76 bits per heavy atom. The van der Waals surface area contributed by atoms with E-state index in [0.29, 0.717) is 23.7 Å². The van der Waals surface area contributed by atoms with Crippen LogP contribution in [0, 0.1) is 5.92 Å². The van der Waals surface area contributed by atoms with E-state index in [2.05, 4.69) is 4.98 Å². The van der Waals surface area contributed by atoms with Crippen LogP contribution in [-0.2, 0) is 4.79 Å². The molecule has 1 aliphatic heterocycles. The summed E-state index contributed by atoms with van der Waals surface area (Å²) in [5.41, 5.74) is 0.292. The van der Waals surface area contributed by atoms with E-state index in [1.165, 1.54) is 11.1 Å². The first-order valence-corrected chi connectivity index (χ1v) is 5.59. The van der Waals surface area contributed by atoms with E-state index >= 15 is 0 Å². The number of nitrogens with zero attached hydrogens (tertiary/aromatic N) is 2. The quantitative estimate of drug-likeness (QED) is 0.863. The smallest absolute Gasteiger partial charge is 0.308 e. The maximum Gasteiger partial charge on any atom is 0.308 e. The molecule has 0 spiro atoms. The second-order valence-corrected chi connectivity index (χ2v) is 4.37. The first kappa shape index (κ1) is 11.9. The zero-order chi connectivity index (χ0) is 12.4. The van der Waals surface area contributed by atoms with Gasteiger partial charge < -0.3 is 10.0 Å². The maximum atomic E-state index is 12.0. The fourth-order valence-corrected chi connectivity index (χ4v) is 1.92. The molecule has 1 aromatic rings. The van der Waals surface area contributed by atoms with Crippen molar-refractivity contribution < 1.29 is 14.7 Å². The van der Waals surface area contributed by atoms with Gasteiger partial charge in [0, 0.05) is 19.3 Å². The topological polar surface area (TPSA) is 70.5 Å². The van der Waals surface area contributed by atoms with Gasteiger partial charge in [-0.2, -0.15) is 0 Å². The first-order valence-electron chi connectivity index (χ1n) is 5.21. The van der Waals surface area contributed by atoms with Crippen LogP contribution in [0.2, 0.25) is 5.02 Å². The van der Waals surface area contributed by atoms with Crippen LogP contribution in [0.25, 0.3) is 0 Å². The van der Waals surface area contributed by atoms with Crippen molar-refractivity contribution in [3.63, 3.8) is 0 Å². The van der Waals surface area contributed by atoms with Crippen molar-refractivity contribution in [1.82, 2.24) is 9.88 Å². The summed E-state index contributed by atoms with van der Waals surface area (Å²) < 4.78 is 0. The van der Waals surface area contributed by atoms with E-state index in [1.54, 1.807) is 12.1 Å². The molecule has 90 valence electrons. The van der Waals surface area contributed by atoms with Gasteiger partial charge >= 0.3 is 5.97 Å². The second-order valence-electron chi connectivity index (χ2n) is 3.94. The van der Waals surface area contributed by atoms with Gasteiger partial charge in [-0.3, -0.25) is 9.59 Å². The Balaban J connectivity index is 2.07. The SMILES string of the molecule is O=C(O)C1CCN(C(=O)c2ccc(Cl)cn2)C1. The molecule has 2 rings (SSSR count). The third kappa shape index (κ3) is 2.55. The molecule has 1 atom stereocenters. The van der Waals surface area contributed by atoms with E-state index in [4.69, 9.17) is 16.7 Å². The predicted molar refractivity (Wildman–Crippen MR) is 60.9 cm³/mol. The first-order chi connectivity index (χ1) is 8.08. The minimum absolute atomic E-state index is 0.245. The molecule has 1 aliphatic rings. The number of carbonyl (C=O) groups is 2. The number of carbonyl (C=O) groups excluding carboxylic acids is 1. The van der Waals surface area contributed by atoms with Crippen molar-refractivity contribution in [3.8, 4) is 0 Å².